The molecule has 3 heterocycles. The van der Waals surface area contributed by atoms with E-state index in [1.807, 2.05) is 27.7 Å². The number of ether oxygens (including phenoxy) is 1. The number of carbonyl (C=O) groups excluding carboxylic acids is 1. The monoisotopic (exact) mass is 522 g/mol. The van der Waals surface area contributed by atoms with Gasteiger partial charge in [0.2, 0.25) is 5.91 Å². The van der Waals surface area contributed by atoms with E-state index in [2.05, 4.69) is 41.0 Å². The van der Waals surface area contributed by atoms with E-state index in [1.165, 1.54) is 12.8 Å². The minimum absolute atomic E-state index is 0.000340. The van der Waals surface area contributed by atoms with Crippen LogP contribution in [-0.4, -0.2) is 51.4 Å². The van der Waals surface area contributed by atoms with E-state index in [4.69, 9.17) is 15.6 Å². The summed E-state index contributed by atoms with van der Waals surface area (Å²) < 4.78 is 9.88. The number of hydrogen-bond donors (Lipinski definition) is 2. The summed E-state index contributed by atoms with van der Waals surface area (Å²) in [4.78, 5) is 20.5. The van der Waals surface area contributed by atoms with Crippen molar-refractivity contribution in [2.75, 3.05) is 18.5 Å². The predicted molar refractivity (Wildman–Crippen MR) is 146 cm³/mol. The molecular formula is C26H38N8O2Si. The highest BCUT2D eigenvalue weighted by Gasteiger charge is 2.29. The number of amides is 1. The van der Waals surface area contributed by atoms with E-state index in [0.717, 1.165) is 47.8 Å². The van der Waals surface area contributed by atoms with Gasteiger partial charge in [0.1, 0.15) is 18.7 Å². The number of hydrogen-bond acceptors (Lipinski definition) is 7. The Morgan fingerprint density at radius 2 is 2.11 bits per heavy atom. The fraction of sp³-hybridized carbons (Fsp3) is 0.577. The molecule has 11 heteroatoms. The lowest BCUT2D eigenvalue weighted by molar-refractivity contribution is -0.117. The Hall–Kier alpha value is -3.23. The summed E-state index contributed by atoms with van der Waals surface area (Å²) in [7, 11) is -1.16. The number of rotatable bonds is 13. The summed E-state index contributed by atoms with van der Waals surface area (Å²) in [5, 5.41) is 18.6. The maximum absolute atomic E-state index is 11.3. The smallest absolute Gasteiger partial charge is 0.219 e. The molecule has 3 N–H and O–H groups in total. The van der Waals surface area contributed by atoms with Crippen molar-refractivity contribution in [3.05, 3.63) is 24.8 Å². The molecule has 1 amide bonds. The fourth-order valence-corrected chi connectivity index (χ4v) is 5.70. The Morgan fingerprint density at radius 1 is 1.32 bits per heavy atom. The molecule has 1 unspecified atom stereocenters. The second-order valence-electron chi connectivity index (χ2n) is 11.1. The van der Waals surface area contributed by atoms with Crippen molar-refractivity contribution in [3.63, 3.8) is 0 Å². The third-order valence-corrected chi connectivity index (χ3v) is 8.72. The quantitative estimate of drug-likeness (QED) is 0.248. The molecule has 1 fully saturated rings. The van der Waals surface area contributed by atoms with Crippen LogP contribution in [0.4, 0.5) is 5.82 Å². The normalized spacial score (nSPS) is 15.2. The van der Waals surface area contributed by atoms with Crippen LogP contribution in [0.1, 0.15) is 44.6 Å². The standard InChI is InChI=1S/C26H38N8O2Si/c1-37(2,3)15-14-36-18-33-13-10-20-24(30-17-31-26(20)33)21-16-34(32-25(21)29-12-9-23(28)35)22(8-11-27)19-6-4-5-7-19/h10,13,16-17,19,22H,4-9,12,14-15,18H2,1-3H3,(H2,28,35)(H,29,32). The number of nitrogens with two attached hydrogens (primary N) is 1. The summed E-state index contributed by atoms with van der Waals surface area (Å²) in [6, 6.07) is 5.46. The number of nitriles is 1. The highest BCUT2D eigenvalue weighted by Crippen LogP contribution is 2.38. The van der Waals surface area contributed by atoms with Crippen LogP contribution in [0.15, 0.2) is 24.8 Å². The SMILES string of the molecule is C[Si](C)(C)CCOCn1ccc2c(-c3cn(C(CC#N)C4CCCC4)nc3NCCC(N)=O)ncnc21. The summed E-state index contributed by atoms with van der Waals surface area (Å²) in [6.07, 6.45) is 10.7. The van der Waals surface area contributed by atoms with Gasteiger partial charge in [0.25, 0.3) is 0 Å². The zero-order valence-corrected chi connectivity index (χ0v) is 23.1. The molecule has 10 nitrogen and oxygen atoms in total. The van der Waals surface area contributed by atoms with Crippen molar-refractivity contribution in [2.24, 2.45) is 11.7 Å². The molecule has 1 aliphatic rings. The van der Waals surface area contributed by atoms with Gasteiger partial charge in [0.05, 0.1) is 29.8 Å². The topological polar surface area (TPSA) is 137 Å². The molecule has 0 saturated heterocycles. The van der Waals surface area contributed by atoms with E-state index < -0.39 is 8.07 Å². The molecule has 0 bridgehead atoms. The lowest BCUT2D eigenvalue weighted by Crippen LogP contribution is -2.22. The average molecular weight is 523 g/mol. The number of fused-ring (bicyclic) bond motifs is 1. The maximum Gasteiger partial charge on any atom is 0.219 e. The van der Waals surface area contributed by atoms with Gasteiger partial charge in [-0.1, -0.05) is 32.5 Å². The van der Waals surface area contributed by atoms with Crippen LogP contribution >= 0.6 is 0 Å². The van der Waals surface area contributed by atoms with Gasteiger partial charge in [-0.15, -0.1) is 0 Å². The Labute approximate surface area is 219 Å². The van der Waals surface area contributed by atoms with Crippen LogP contribution in [-0.2, 0) is 16.3 Å². The summed E-state index contributed by atoms with van der Waals surface area (Å²) in [5.74, 6) is 0.671. The third kappa shape index (κ3) is 6.75. The van der Waals surface area contributed by atoms with Gasteiger partial charge in [-0.05, 0) is 30.9 Å². The zero-order valence-electron chi connectivity index (χ0n) is 22.1. The lowest BCUT2D eigenvalue weighted by atomic mass is 9.96. The molecule has 1 saturated carbocycles. The Bertz CT molecular complexity index is 1250. The average Bonchev–Trinajstić information content (AvgIpc) is 3.60. The first-order chi connectivity index (χ1) is 17.8. The van der Waals surface area contributed by atoms with Crippen molar-refractivity contribution < 1.29 is 9.53 Å². The van der Waals surface area contributed by atoms with Gasteiger partial charge >= 0.3 is 0 Å². The number of primary amides is 1. The van der Waals surface area contributed by atoms with E-state index in [0.29, 0.717) is 31.4 Å². The van der Waals surface area contributed by atoms with Crippen molar-refractivity contribution in [2.45, 2.75) is 77.0 Å². The fourth-order valence-electron chi connectivity index (χ4n) is 4.95. The largest absolute Gasteiger partial charge is 0.370 e. The maximum atomic E-state index is 11.3. The first kappa shape index (κ1) is 26.8. The number of nitrogens with zero attached hydrogens (tertiary/aromatic N) is 6. The molecule has 4 rings (SSSR count). The van der Waals surface area contributed by atoms with E-state index in [1.54, 1.807) is 6.33 Å². The number of nitrogens with one attached hydrogen (secondary N) is 1. The van der Waals surface area contributed by atoms with Gasteiger partial charge < -0.3 is 20.4 Å². The van der Waals surface area contributed by atoms with Gasteiger partial charge in [0, 0.05) is 45.4 Å². The van der Waals surface area contributed by atoms with Crippen LogP contribution < -0.4 is 11.1 Å². The second-order valence-corrected chi connectivity index (χ2v) is 16.7. The molecule has 3 aromatic rings. The van der Waals surface area contributed by atoms with E-state index >= 15 is 0 Å². The third-order valence-electron chi connectivity index (χ3n) is 7.02. The van der Waals surface area contributed by atoms with Gasteiger partial charge in [0.15, 0.2) is 5.82 Å². The minimum Gasteiger partial charge on any atom is -0.370 e. The molecular weight excluding hydrogens is 484 g/mol. The van der Waals surface area contributed by atoms with Gasteiger partial charge in [-0.25, -0.2) is 9.97 Å². The first-order valence-electron chi connectivity index (χ1n) is 13.1. The summed E-state index contributed by atoms with van der Waals surface area (Å²) in [6.45, 7) is 8.54. The first-order valence-corrected chi connectivity index (χ1v) is 16.8. The van der Waals surface area contributed by atoms with Crippen molar-refractivity contribution in [3.8, 4) is 17.3 Å². The molecule has 198 valence electrons. The molecule has 0 radical (unpaired) electrons. The Kier molecular flexibility index (Phi) is 8.61. The summed E-state index contributed by atoms with van der Waals surface area (Å²) >= 11 is 0. The highest BCUT2D eigenvalue weighted by atomic mass is 28.3. The molecule has 0 aliphatic heterocycles. The van der Waals surface area contributed by atoms with Crippen molar-refractivity contribution in [1.29, 1.82) is 5.26 Å². The summed E-state index contributed by atoms with van der Waals surface area (Å²) in [5.41, 5.74) is 7.71. The lowest BCUT2D eigenvalue weighted by Gasteiger charge is -2.21. The van der Waals surface area contributed by atoms with Crippen LogP contribution in [0, 0.1) is 17.2 Å². The van der Waals surface area contributed by atoms with Crippen LogP contribution in [0.5, 0.6) is 0 Å². The van der Waals surface area contributed by atoms with Gasteiger partial charge in [-0.3, -0.25) is 9.48 Å². The number of aromatic nitrogens is 5. The number of carbonyl (C=O) groups is 1. The van der Waals surface area contributed by atoms with Crippen LogP contribution in [0.2, 0.25) is 25.7 Å². The molecule has 0 spiro atoms. The predicted octanol–water partition coefficient (Wildman–Crippen LogP) is 4.54. The minimum atomic E-state index is -1.16. The van der Waals surface area contributed by atoms with Gasteiger partial charge in [-0.2, -0.15) is 10.4 Å². The molecule has 1 atom stereocenters. The molecule has 3 aromatic heterocycles. The van der Waals surface area contributed by atoms with E-state index in [9.17, 15) is 10.1 Å². The second kappa shape index (κ2) is 11.9. The zero-order chi connectivity index (χ0) is 26.4. The number of anilines is 1. The molecule has 1 aliphatic carbocycles. The molecule has 0 aromatic carbocycles. The highest BCUT2D eigenvalue weighted by molar-refractivity contribution is 6.76. The van der Waals surface area contributed by atoms with Crippen molar-refractivity contribution >= 4 is 30.8 Å². The Morgan fingerprint density at radius 3 is 2.81 bits per heavy atom. The van der Waals surface area contributed by atoms with Crippen molar-refractivity contribution in [1.82, 2.24) is 24.3 Å². The van der Waals surface area contributed by atoms with Crippen LogP contribution in [0.25, 0.3) is 22.3 Å². The van der Waals surface area contributed by atoms with Crippen LogP contribution in [0.3, 0.4) is 0 Å². The van der Waals surface area contributed by atoms with E-state index in [-0.39, 0.29) is 18.4 Å². The Balaban J connectivity index is 1.65. The molecule has 37 heavy (non-hydrogen) atoms.